The monoisotopic (exact) mass is 523 g/mol. The maximum Gasteiger partial charge on any atom is 0.357 e. The highest BCUT2D eigenvalue weighted by Crippen LogP contribution is 2.40. The second kappa shape index (κ2) is 10.6. The minimum absolute atomic E-state index is 0.262. The molecule has 3 N–H and O–H groups in total. The maximum absolute atomic E-state index is 13.3. The lowest BCUT2D eigenvalue weighted by Gasteiger charge is -2.39. The standard InChI is InChI=1S/C31H33N5O3/c1-2-38-30(37)29-27(28(25-13-15-33-16-14-25)35-36(29)20-31(32)18-34-19-31)24-9-11-26(12-10-24)39-17-21-3-5-22(6-4-21)23-7-8-23/h3-6,9-16,23,34H,2,7-8,17-20,32H2,1H3. The normalized spacial score (nSPS) is 15.9. The third-order valence-electron chi connectivity index (χ3n) is 7.37. The number of nitrogens with two attached hydrogens (primary N) is 1. The van der Waals surface area contributed by atoms with E-state index in [0.29, 0.717) is 43.2 Å². The van der Waals surface area contributed by atoms with Crippen molar-refractivity contribution in [3.8, 4) is 28.1 Å². The summed E-state index contributed by atoms with van der Waals surface area (Å²) in [7, 11) is 0. The number of benzene rings is 2. The summed E-state index contributed by atoms with van der Waals surface area (Å²) in [5, 5.41) is 8.11. The molecule has 39 heavy (non-hydrogen) atoms. The molecule has 0 amide bonds. The molecule has 0 spiro atoms. The van der Waals surface area contributed by atoms with Gasteiger partial charge < -0.3 is 20.5 Å². The number of pyridine rings is 1. The quantitative estimate of drug-likeness (QED) is 0.294. The minimum atomic E-state index is -0.478. The zero-order valence-corrected chi connectivity index (χ0v) is 22.1. The van der Waals surface area contributed by atoms with Crippen molar-refractivity contribution in [2.75, 3.05) is 19.7 Å². The molecular weight excluding hydrogens is 490 g/mol. The van der Waals surface area contributed by atoms with Crippen LogP contribution in [0, 0.1) is 0 Å². The van der Waals surface area contributed by atoms with E-state index in [1.807, 2.05) is 36.4 Å². The lowest BCUT2D eigenvalue weighted by Crippen LogP contribution is -2.67. The van der Waals surface area contributed by atoms with E-state index in [4.69, 9.17) is 20.3 Å². The Morgan fingerprint density at radius 3 is 2.36 bits per heavy atom. The van der Waals surface area contributed by atoms with E-state index in [1.165, 1.54) is 18.4 Å². The number of rotatable bonds is 10. The fraction of sp³-hybridized carbons (Fsp3) is 0.323. The zero-order chi connectivity index (χ0) is 26.8. The van der Waals surface area contributed by atoms with Gasteiger partial charge in [0.25, 0.3) is 0 Å². The molecule has 6 rings (SSSR count). The molecule has 4 aromatic rings. The van der Waals surface area contributed by atoms with Crippen LogP contribution in [0.4, 0.5) is 0 Å². The van der Waals surface area contributed by atoms with E-state index in [0.717, 1.165) is 28.4 Å². The number of hydrogen-bond acceptors (Lipinski definition) is 7. The minimum Gasteiger partial charge on any atom is -0.489 e. The van der Waals surface area contributed by atoms with Gasteiger partial charge in [0.2, 0.25) is 0 Å². The average Bonchev–Trinajstić information content (AvgIpc) is 3.73. The SMILES string of the molecule is CCOC(=O)c1c(-c2ccc(OCc3ccc(C4CC4)cc3)cc2)c(-c2ccncc2)nn1CC1(N)CNC1. The van der Waals surface area contributed by atoms with Crippen LogP contribution in [0.2, 0.25) is 0 Å². The Labute approximate surface area is 228 Å². The molecule has 1 saturated heterocycles. The summed E-state index contributed by atoms with van der Waals surface area (Å²) in [6, 6.07) is 20.3. The van der Waals surface area contributed by atoms with Gasteiger partial charge in [0.05, 0.1) is 18.7 Å². The lowest BCUT2D eigenvalue weighted by atomic mass is 9.93. The number of nitrogens with zero attached hydrogens (tertiary/aromatic N) is 3. The molecule has 2 aliphatic rings. The van der Waals surface area contributed by atoms with E-state index in [-0.39, 0.29) is 6.61 Å². The van der Waals surface area contributed by atoms with Gasteiger partial charge in [-0.1, -0.05) is 36.4 Å². The van der Waals surface area contributed by atoms with Gasteiger partial charge in [-0.25, -0.2) is 4.79 Å². The van der Waals surface area contributed by atoms with Crippen molar-refractivity contribution in [2.45, 2.75) is 44.4 Å². The molecule has 0 bridgehead atoms. The molecule has 2 fully saturated rings. The van der Waals surface area contributed by atoms with Gasteiger partial charge in [-0.2, -0.15) is 5.10 Å². The van der Waals surface area contributed by atoms with Crippen LogP contribution in [-0.4, -0.2) is 46.0 Å². The van der Waals surface area contributed by atoms with Crippen LogP contribution >= 0.6 is 0 Å². The largest absolute Gasteiger partial charge is 0.489 e. The number of carbonyl (C=O) groups is 1. The summed E-state index contributed by atoms with van der Waals surface area (Å²) in [6.45, 7) is 4.26. The molecule has 200 valence electrons. The summed E-state index contributed by atoms with van der Waals surface area (Å²) in [4.78, 5) is 17.5. The smallest absolute Gasteiger partial charge is 0.357 e. The molecule has 2 aromatic carbocycles. The second-order valence-electron chi connectivity index (χ2n) is 10.5. The van der Waals surface area contributed by atoms with Gasteiger partial charge in [-0.05, 0) is 66.6 Å². The van der Waals surface area contributed by atoms with E-state index < -0.39 is 11.5 Å². The Hall–Kier alpha value is -4.01. The topological polar surface area (TPSA) is 104 Å². The van der Waals surface area contributed by atoms with Crippen LogP contribution < -0.4 is 15.8 Å². The fourth-order valence-electron chi connectivity index (χ4n) is 5.01. The number of esters is 1. The third-order valence-corrected chi connectivity index (χ3v) is 7.37. The lowest BCUT2D eigenvalue weighted by molar-refractivity contribution is 0.0509. The Morgan fingerprint density at radius 1 is 1.03 bits per heavy atom. The highest BCUT2D eigenvalue weighted by Gasteiger charge is 2.36. The van der Waals surface area contributed by atoms with Crippen LogP contribution in [0.15, 0.2) is 73.1 Å². The van der Waals surface area contributed by atoms with Crippen molar-refractivity contribution in [3.05, 3.63) is 89.9 Å². The number of hydrogen-bond donors (Lipinski definition) is 2. The number of aromatic nitrogens is 3. The highest BCUT2D eigenvalue weighted by atomic mass is 16.5. The first-order valence-corrected chi connectivity index (χ1v) is 13.5. The van der Waals surface area contributed by atoms with Crippen molar-refractivity contribution >= 4 is 5.97 Å². The van der Waals surface area contributed by atoms with Gasteiger partial charge in [-0.3, -0.25) is 9.67 Å². The van der Waals surface area contributed by atoms with Crippen LogP contribution in [0.1, 0.15) is 47.3 Å². The van der Waals surface area contributed by atoms with E-state index in [9.17, 15) is 4.79 Å². The first-order valence-electron chi connectivity index (χ1n) is 13.5. The molecular formula is C31H33N5O3. The Bertz CT molecular complexity index is 1440. The van der Waals surface area contributed by atoms with Crippen molar-refractivity contribution in [1.29, 1.82) is 0 Å². The van der Waals surface area contributed by atoms with Crippen LogP contribution in [0.25, 0.3) is 22.4 Å². The van der Waals surface area contributed by atoms with Gasteiger partial charge in [0.1, 0.15) is 18.1 Å². The average molecular weight is 524 g/mol. The van der Waals surface area contributed by atoms with Crippen molar-refractivity contribution in [1.82, 2.24) is 20.1 Å². The molecule has 3 heterocycles. The summed E-state index contributed by atoms with van der Waals surface area (Å²) < 4.78 is 13.3. The maximum atomic E-state index is 13.3. The summed E-state index contributed by atoms with van der Waals surface area (Å²) in [5.41, 5.74) is 12.1. The van der Waals surface area contributed by atoms with Crippen molar-refractivity contribution < 1.29 is 14.3 Å². The predicted molar refractivity (Wildman–Crippen MR) is 149 cm³/mol. The predicted octanol–water partition coefficient (Wildman–Crippen LogP) is 4.55. The molecule has 0 unspecified atom stereocenters. The van der Waals surface area contributed by atoms with Crippen molar-refractivity contribution in [2.24, 2.45) is 5.73 Å². The summed E-state index contributed by atoms with van der Waals surface area (Å²) in [6.07, 6.45) is 6.03. The van der Waals surface area contributed by atoms with Crippen molar-refractivity contribution in [3.63, 3.8) is 0 Å². The van der Waals surface area contributed by atoms with Gasteiger partial charge >= 0.3 is 5.97 Å². The first kappa shape index (κ1) is 25.3. The molecule has 1 aliphatic carbocycles. The number of ether oxygens (including phenoxy) is 2. The molecule has 1 saturated carbocycles. The molecule has 2 aromatic heterocycles. The molecule has 0 atom stereocenters. The Morgan fingerprint density at radius 2 is 1.74 bits per heavy atom. The summed E-state index contributed by atoms with van der Waals surface area (Å²) in [5.74, 6) is 1.07. The van der Waals surface area contributed by atoms with Crippen LogP contribution in [0.3, 0.4) is 0 Å². The molecule has 1 aliphatic heterocycles. The molecule has 0 radical (unpaired) electrons. The fourth-order valence-corrected chi connectivity index (χ4v) is 5.01. The van der Waals surface area contributed by atoms with E-state index >= 15 is 0 Å². The van der Waals surface area contributed by atoms with E-state index in [2.05, 4.69) is 34.6 Å². The zero-order valence-electron chi connectivity index (χ0n) is 22.1. The van der Waals surface area contributed by atoms with Gasteiger partial charge in [-0.15, -0.1) is 0 Å². The highest BCUT2D eigenvalue weighted by molar-refractivity contribution is 6.00. The number of nitrogens with one attached hydrogen (secondary N) is 1. The first-order chi connectivity index (χ1) is 19.0. The van der Waals surface area contributed by atoms with Gasteiger partial charge in [0.15, 0.2) is 5.69 Å². The number of carbonyl (C=O) groups excluding carboxylic acids is 1. The second-order valence-corrected chi connectivity index (χ2v) is 10.5. The molecule has 8 nitrogen and oxygen atoms in total. The van der Waals surface area contributed by atoms with Crippen LogP contribution in [-0.2, 0) is 17.9 Å². The molecule has 8 heteroatoms. The van der Waals surface area contributed by atoms with Gasteiger partial charge in [0, 0.05) is 36.6 Å². The van der Waals surface area contributed by atoms with E-state index in [1.54, 1.807) is 24.0 Å². The Kier molecular flexibility index (Phi) is 6.89. The summed E-state index contributed by atoms with van der Waals surface area (Å²) >= 11 is 0. The Balaban J connectivity index is 1.32. The van der Waals surface area contributed by atoms with Crippen LogP contribution in [0.5, 0.6) is 5.75 Å². The third kappa shape index (κ3) is 5.44.